The zero-order valence-electron chi connectivity index (χ0n) is 12.8. The second kappa shape index (κ2) is 7.04. The predicted molar refractivity (Wildman–Crippen MR) is 95.9 cm³/mol. The van der Waals surface area contributed by atoms with Gasteiger partial charge in [-0.15, -0.1) is 11.3 Å². The van der Waals surface area contributed by atoms with Crippen molar-refractivity contribution in [1.82, 2.24) is 0 Å². The van der Waals surface area contributed by atoms with Gasteiger partial charge in [0, 0.05) is 5.69 Å². The van der Waals surface area contributed by atoms with Gasteiger partial charge in [0.2, 0.25) is 0 Å². The molecule has 0 aliphatic rings. The van der Waals surface area contributed by atoms with Crippen LogP contribution in [0.1, 0.15) is 9.67 Å². The van der Waals surface area contributed by atoms with Crippen LogP contribution in [0.5, 0.6) is 0 Å². The molecule has 0 spiro atoms. The normalized spacial score (nSPS) is 11.1. The van der Waals surface area contributed by atoms with Crippen molar-refractivity contribution in [3.05, 3.63) is 76.7 Å². The maximum Gasteiger partial charge on any atom is 0.267 e. The van der Waals surface area contributed by atoms with Gasteiger partial charge in [-0.2, -0.15) is 0 Å². The molecule has 0 atom stereocenters. The van der Waals surface area contributed by atoms with Gasteiger partial charge in [-0.05, 0) is 47.8 Å². The Labute approximate surface area is 148 Å². The molecule has 0 radical (unpaired) electrons. The van der Waals surface area contributed by atoms with Crippen LogP contribution in [0.2, 0.25) is 0 Å². The van der Waals surface area contributed by atoms with Crippen LogP contribution in [0.15, 0.2) is 70.9 Å². The van der Waals surface area contributed by atoms with Crippen LogP contribution in [0.25, 0.3) is 0 Å². The molecule has 1 amide bonds. The molecule has 0 unspecified atom stereocenters. The van der Waals surface area contributed by atoms with Crippen molar-refractivity contribution in [2.45, 2.75) is 4.90 Å². The summed E-state index contributed by atoms with van der Waals surface area (Å²) in [5.41, 5.74) is 0.602. The molecule has 2 aromatic carbocycles. The smallest absolute Gasteiger partial charge is 0.267 e. The van der Waals surface area contributed by atoms with E-state index in [1.807, 2.05) is 0 Å². The van der Waals surface area contributed by atoms with Gasteiger partial charge in [0.05, 0.1) is 10.6 Å². The predicted octanol–water partition coefficient (Wildman–Crippen LogP) is 3.94. The molecule has 0 aliphatic heterocycles. The first-order valence-corrected chi connectivity index (χ1v) is 9.54. The molecule has 128 valence electrons. The topological polar surface area (TPSA) is 75.3 Å². The minimum atomic E-state index is -3.79. The number of anilines is 2. The molecule has 0 aliphatic carbocycles. The number of benzene rings is 2. The van der Waals surface area contributed by atoms with Crippen LogP contribution >= 0.6 is 11.3 Å². The number of carbonyl (C=O) groups excluding carboxylic acids is 1. The standard InChI is InChI=1S/C17H13FN2O3S2/c18-12-6-8-13(9-7-12)19-17(21)16-15(10-11-24-16)20-25(22,23)14-4-2-1-3-5-14/h1-11,20H,(H,19,21). The van der Waals surface area contributed by atoms with Gasteiger partial charge in [0.15, 0.2) is 0 Å². The lowest BCUT2D eigenvalue weighted by atomic mass is 10.3. The number of nitrogens with one attached hydrogen (secondary N) is 2. The van der Waals surface area contributed by atoms with E-state index in [2.05, 4.69) is 10.0 Å². The molecule has 2 N–H and O–H groups in total. The molecule has 8 heteroatoms. The van der Waals surface area contributed by atoms with Crippen molar-refractivity contribution in [3.8, 4) is 0 Å². The Hall–Kier alpha value is -2.71. The zero-order chi connectivity index (χ0) is 17.9. The third-order valence-corrected chi connectivity index (χ3v) is 5.57. The minimum absolute atomic E-state index is 0.103. The van der Waals surface area contributed by atoms with Crippen molar-refractivity contribution in [3.63, 3.8) is 0 Å². The number of halogens is 1. The van der Waals surface area contributed by atoms with E-state index in [0.717, 1.165) is 11.3 Å². The van der Waals surface area contributed by atoms with Crippen LogP contribution in [-0.2, 0) is 10.0 Å². The number of hydrogen-bond donors (Lipinski definition) is 2. The second-order valence-corrected chi connectivity index (χ2v) is 7.64. The first-order chi connectivity index (χ1) is 12.0. The SMILES string of the molecule is O=C(Nc1ccc(F)cc1)c1sccc1NS(=O)(=O)c1ccccc1. The highest BCUT2D eigenvalue weighted by molar-refractivity contribution is 7.92. The van der Waals surface area contributed by atoms with E-state index in [0.29, 0.717) is 5.69 Å². The molecule has 3 rings (SSSR count). The third kappa shape index (κ3) is 4.04. The van der Waals surface area contributed by atoms with E-state index >= 15 is 0 Å². The maximum absolute atomic E-state index is 12.9. The van der Waals surface area contributed by atoms with E-state index in [-0.39, 0.29) is 15.5 Å². The quantitative estimate of drug-likeness (QED) is 0.708. The highest BCUT2D eigenvalue weighted by Crippen LogP contribution is 2.26. The summed E-state index contributed by atoms with van der Waals surface area (Å²) in [7, 11) is -3.79. The summed E-state index contributed by atoms with van der Waals surface area (Å²) >= 11 is 1.10. The monoisotopic (exact) mass is 376 g/mol. The Morgan fingerprint density at radius 1 is 0.960 bits per heavy atom. The fourth-order valence-corrected chi connectivity index (χ4v) is 3.99. The average molecular weight is 376 g/mol. The van der Waals surface area contributed by atoms with Gasteiger partial charge in [-0.25, -0.2) is 12.8 Å². The number of carbonyl (C=O) groups is 1. The van der Waals surface area contributed by atoms with E-state index in [1.54, 1.807) is 23.6 Å². The Balaban J connectivity index is 1.80. The Morgan fingerprint density at radius 2 is 1.64 bits per heavy atom. The molecule has 0 fully saturated rings. The highest BCUT2D eigenvalue weighted by atomic mass is 32.2. The lowest BCUT2D eigenvalue weighted by molar-refractivity contribution is 0.103. The third-order valence-electron chi connectivity index (χ3n) is 3.27. The highest BCUT2D eigenvalue weighted by Gasteiger charge is 2.20. The lowest BCUT2D eigenvalue weighted by Crippen LogP contribution is -2.17. The van der Waals surface area contributed by atoms with Gasteiger partial charge in [-0.1, -0.05) is 18.2 Å². The molecule has 5 nitrogen and oxygen atoms in total. The maximum atomic E-state index is 12.9. The van der Waals surface area contributed by atoms with E-state index < -0.39 is 21.7 Å². The summed E-state index contributed by atoms with van der Waals surface area (Å²) in [4.78, 5) is 12.7. The molecule has 25 heavy (non-hydrogen) atoms. The first-order valence-electron chi connectivity index (χ1n) is 7.18. The summed E-state index contributed by atoms with van der Waals surface area (Å²) in [5, 5.41) is 4.22. The number of amides is 1. The molecular formula is C17H13FN2O3S2. The van der Waals surface area contributed by atoms with Crippen LogP contribution in [0.3, 0.4) is 0 Å². The van der Waals surface area contributed by atoms with Crippen LogP contribution < -0.4 is 10.0 Å². The summed E-state index contributed by atoms with van der Waals surface area (Å²) in [5.74, 6) is -0.891. The van der Waals surface area contributed by atoms with Crippen molar-refractivity contribution < 1.29 is 17.6 Å². The largest absolute Gasteiger partial charge is 0.321 e. The van der Waals surface area contributed by atoms with Gasteiger partial charge >= 0.3 is 0 Å². The average Bonchev–Trinajstić information content (AvgIpc) is 3.05. The first kappa shape index (κ1) is 17.1. The fraction of sp³-hybridized carbons (Fsp3) is 0. The molecule has 0 bridgehead atoms. The Bertz CT molecular complexity index is 984. The van der Waals surface area contributed by atoms with Crippen molar-refractivity contribution >= 4 is 38.6 Å². The number of hydrogen-bond acceptors (Lipinski definition) is 4. The van der Waals surface area contributed by atoms with Gasteiger partial charge in [0.25, 0.3) is 15.9 Å². The molecule has 3 aromatic rings. The van der Waals surface area contributed by atoms with E-state index in [4.69, 9.17) is 0 Å². The van der Waals surface area contributed by atoms with E-state index in [1.165, 1.54) is 42.5 Å². The lowest BCUT2D eigenvalue weighted by Gasteiger charge is -2.09. The van der Waals surface area contributed by atoms with Gasteiger partial charge in [-0.3, -0.25) is 9.52 Å². The summed E-state index contributed by atoms with van der Waals surface area (Å²) < 4.78 is 40.1. The molecule has 0 saturated heterocycles. The van der Waals surface area contributed by atoms with Crippen molar-refractivity contribution in [2.75, 3.05) is 10.0 Å². The van der Waals surface area contributed by atoms with Gasteiger partial charge in [0.1, 0.15) is 10.7 Å². The fourth-order valence-electron chi connectivity index (χ4n) is 2.09. The summed E-state index contributed by atoms with van der Waals surface area (Å²) in [6.07, 6.45) is 0. The minimum Gasteiger partial charge on any atom is -0.321 e. The van der Waals surface area contributed by atoms with Crippen LogP contribution in [-0.4, -0.2) is 14.3 Å². The Morgan fingerprint density at radius 3 is 2.32 bits per heavy atom. The van der Waals surface area contributed by atoms with E-state index in [9.17, 15) is 17.6 Å². The van der Waals surface area contributed by atoms with Gasteiger partial charge < -0.3 is 5.32 Å². The molecule has 1 aromatic heterocycles. The molecule has 0 saturated carbocycles. The summed E-state index contributed by atoms with van der Waals surface area (Å²) in [6, 6.07) is 14.7. The van der Waals surface area contributed by atoms with Crippen molar-refractivity contribution in [1.29, 1.82) is 0 Å². The second-order valence-electron chi connectivity index (χ2n) is 5.04. The summed E-state index contributed by atoms with van der Waals surface area (Å²) in [6.45, 7) is 0. The Kier molecular flexibility index (Phi) is 4.82. The van der Waals surface area contributed by atoms with Crippen LogP contribution in [0, 0.1) is 5.82 Å². The number of sulfonamides is 1. The zero-order valence-corrected chi connectivity index (χ0v) is 14.4. The van der Waals surface area contributed by atoms with Crippen LogP contribution in [0.4, 0.5) is 15.8 Å². The van der Waals surface area contributed by atoms with Crippen molar-refractivity contribution in [2.24, 2.45) is 0 Å². The number of thiophene rings is 1. The number of rotatable bonds is 5. The molecule has 1 heterocycles. The molecular weight excluding hydrogens is 363 g/mol.